The molecule has 1 amide bonds. The third-order valence-electron chi connectivity index (χ3n) is 5.70. The third kappa shape index (κ3) is 3.60. The molecule has 0 radical (unpaired) electrons. The van der Waals surface area contributed by atoms with E-state index in [0.29, 0.717) is 28.7 Å². The van der Waals surface area contributed by atoms with Crippen molar-refractivity contribution in [3.8, 4) is 39.8 Å². The summed E-state index contributed by atoms with van der Waals surface area (Å²) in [4.78, 5) is 17.7. The molecule has 168 valence electrons. The molecule has 0 spiro atoms. The fourth-order valence-corrected chi connectivity index (χ4v) is 4.83. The molecule has 4 aromatic rings. The van der Waals surface area contributed by atoms with Gasteiger partial charge in [-0.3, -0.25) is 14.8 Å². The zero-order chi connectivity index (χ0) is 23.1. The van der Waals surface area contributed by atoms with E-state index in [1.165, 1.54) is 11.3 Å². The highest BCUT2D eigenvalue weighted by Gasteiger charge is 2.31. The van der Waals surface area contributed by atoms with Crippen molar-refractivity contribution in [3.63, 3.8) is 0 Å². The van der Waals surface area contributed by atoms with Crippen molar-refractivity contribution in [2.75, 3.05) is 26.6 Å². The van der Waals surface area contributed by atoms with E-state index in [1.54, 1.807) is 26.0 Å². The van der Waals surface area contributed by atoms with Gasteiger partial charge in [0.25, 0.3) is 5.91 Å². The Kier molecular flexibility index (Phi) is 5.26. The lowest BCUT2D eigenvalue weighted by molar-refractivity contribution is 0.102. The molecule has 1 N–H and O–H groups in total. The van der Waals surface area contributed by atoms with Crippen LogP contribution in [-0.4, -0.2) is 42.0 Å². The topological polar surface area (TPSA) is 87.5 Å². The lowest BCUT2D eigenvalue weighted by Gasteiger charge is -2.11. The van der Waals surface area contributed by atoms with Gasteiger partial charge in [-0.25, -0.2) is 4.98 Å². The Morgan fingerprint density at radius 2 is 1.79 bits per heavy atom. The average molecular weight is 463 g/mol. The van der Waals surface area contributed by atoms with E-state index < -0.39 is 0 Å². The highest BCUT2D eigenvalue weighted by Crippen LogP contribution is 2.43. The summed E-state index contributed by atoms with van der Waals surface area (Å²) < 4.78 is 17.8. The first kappa shape index (κ1) is 21.0. The largest absolute Gasteiger partial charge is 0.497 e. The predicted octanol–water partition coefficient (Wildman–Crippen LogP) is 4.39. The van der Waals surface area contributed by atoms with Crippen molar-refractivity contribution in [2.45, 2.75) is 6.42 Å². The Morgan fingerprint density at radius 1 is 1.06 bits per heavy atom. The maximum absolute atomic E-state index is 13.1. The molecule has 2 heterocycles. The van der Waals surface area contributed by atoms with E-state index >= 15 is 0 Å². The Labute approximate surface area is 194 Å². The normalized spacial score (nSPS) is 11.6. The standard InChI is InChI=1S/C24H22N4O4S/c1-28-22-16-11-20(32-4)19(31-3)10-14(16)9-17(22)21(27-28)23(29)26-24-25-18(12-33-24)13-5-7-15(30-2)8-6-13/h5-8,10-12H,9H2,1-4H3,(H,25,26,29). The molecule has 0 saturated heterocycles. The van der Waals surface area contributed by atoms with Crippen LogP contribution in [0.15, 0.2) is 41.8 Å². The highest BCUT2D eigenvalue weighted by atomic mass is 32.1. The number of nitrogens with one attached hydrogen (secondary N) is 1. The molecule has 2 aromatic heterocycles. The van der Waals surface area contributed by atoms with E-state index in [1.807, 2.05) is 48.8 Å². The van der Waals surface area contributed by atoms with E-state index in [9.17, 15) is 4.79 Å². The van der Waals surface area contributed by atoms with Crippen LogP contribution < -0.4 is 19.5 Å². The van der Waals surface area contributed by atoms with Crippen LogP contribution in [0.1, 0.15) is 21.6 Å². The molecule has 0 bridgehead atoms. The van der Waals surface area contributed by atoms with Gasteiger partial charge in [0, 0.05) is 35.5 Å². The third-order valence-corrected chi connectivity index (χ3v) is 6.46. The van der Waals surface area contributed by atoms with Crippen molar-refractivity contribution in [1.29, 1.82) is 0 Å². The van der Waals surface area contributed by atoms with Crippen LogP contribution in [0.2, 0.25) is 0 Å². The number of aryl methyl sites for hydroxylation is 1. The van der Waals surface area contributed by atoms with Crippen LogP contribution >= 0.6 is 11.3 Å². The summed E-state index contributed by atoms with van der Waals surface area (Å²) in [6, 6.07) is 11.5. The zero-order valence-corrected chi connectivity index (χ0v) is 19.4. The number of hydrogen-bond acceptors (Lipinski definition) is 7. The first-order chi connectivity index (χ1) is 16.0. The summed E-state index contributed by atoms with van der Waals surface area (Å²) in [5, 5.41) is 9.84. The number of carbonyl (C=O) groups is 1. The summed E-state index contributed by atoms with van der Waals surface area (Å²) >= 11 is 1.37. The average Bonchev–Trinajstić information content (AvgIpc) is 3.53. The first-order valence-corrected chi connectivity index (χ1v) is 11.1. The number of hydrogen-bond donors (Lipinski definition) is 1. The zero-order valence-electron chi connectivity index (χ0n) is 18.6. The number of rotatable bonds is 6. The number of fused-ring (bicyclic) bond motifs is 3. The molecule has 1 aliphatic rings. The van der Waals surface area contributed by atoms with Gasteiger partial charge in [0.1, 0.15) is 5.75 Å². The minimum absolute atomic E-state index is 0.283. The van der Waals surface area contributed by atoms with Gasteiger partial charge in [-0.1, -0.05) is 0 Å². The molecule has 8 nitrogen and oxygen atoms in total. The second-order valence-corrected chi connectivity index (χ2v) is 8.42. The summed E-state index contributed by atoms with van der Waals surface area (Å²) in [6.45, 7) is 0. The predicted molar refractivity (Wildman–Crippen MR) is 127 cm³/mol. The second-order valence-electron chi connectivity index (χ2n) is 7.56. The maximum atomic E-state index is 13.1. The number of carbonyl (C=O) groups excluding carboxylic acids is 1. The van der Waals surface area contributed by atoms with E-state index in [-0.39, 0.29) is 5.91 Å². The molecule has 0 saturated carbocycles. The lowest BCUT2D eigenvalue weighted by atomic mass is 10.1. The highest BCUT2D eigenvalue weighted by molar-refractivity contribution is 7.14. The van der Waals surface area contributed by atoms with E-state index in [2.05, 4.69) is 15.4 Å². The minimum atomic E-state index is -0.283. The van der Waals surface area contributed by atoms with Crippen molar-refractivity contribution >= 4 is 22.4 Å². The molecular weight excluding hydrogens is 440 g/mol. The van der Waals surface area contributed by atoms with Gasteiger partial charge in [-0.05, 0) is 42.0 Å². The molecule has 0 unspecified atom stereocenters. The number of benzene rings is 2. The smallest absolute Gasteiger partial charge is 0.278 e. The lowest BCUT2D eigenvalue weighted by Crippen LogP contribution is -2.14. The van der Waals surface area contributed by atoms with Gasteiger partial charge < -0.3 is 14.2 Å². The van der Waals surface area contributed by atoms with Gasteiger partial charge in [0.2, 0.25) is 0 Å². The summed E-state index contributed by atoms with van der Waals surface area (Å²) in [6.07, 6.45) is 0.594. The van der Waals surface area contributed by atoms with Gasteiger partial charge in [-0.2, -0.15) is 5.10 Å². The molecule has 2 aromatic carbocycles. The maximum Gasteiger partial charge on any atom is 0.278 e. The molecule has 1 aliphatic carbocycles. The van der Waals surface area contributed by atoms with Crippen molar-refractivity contribution in [3.05, 3.63) is 58.6 Å². The van der Waals surface area contributed by atoms with Crippen molar-refractivity contribution in [2.24, 2.45) is 7.05 Å². The van der Waals surface area contributed by atoms with E-state index in [4.69, 9.17) is 14.2 Å². The number of anilines is 1. The fourth-order valence-electron chi connectivity index (χ4n) is 4.11. The first-order valence-electron chi connectivity index (χ1n) is 10.2. The quantitative estimate of drug-likeness (QED) is 0.403. The van der Waals surface area contributed by atoms with Crippen LogP contribution in [0.5, 0.6) is 17.2 Å². The molecule has 5 rings (SSSR count). The van der Waals surface area contributed by atoms with Crippen LogP contribution in [-0.2, 0) is 13.5 Å². The Bertz CT molecular complexity index is 1360. The number of ether oxygens (including phenoxy) is 3. The second kappa shape index (κ2) is 8.25. The van der Waals surface area contributed by atoms with Gasteiger partial charge in [0.05, 0.1) is 32.7 Å². The number of amides is 1. The molecule has 0 aliphatic heterocycles. The number of nitrogens with zero attached hydrogens (tertiary/aromatic N) is 3. The Hall–Kier alpha value is -3.85. The van der Waals surface area contributed by atoms with E-state index in [0.717, 1.165) is 39.4 Å². The molecular formula is C24H22N4O4S. The summed E-state index contributed by atoms with van der Waals surface area (Å²) in [7, 11) is 6.69. The molecule has 9 heteroatoms. The van der Waals surface area contributed by atoms with Crippen LogP contribution in [0, 0.1) is 0 Å². The summed E-state index contributed by atoms with van der Waals surface area (Å²) in [5.41, 5.74) is 5.98. The fraction of sp³-hybridized carbons (Fsp3) is 0.208. The van der Waals surface area contributed by atoms with Crippen LogP contribution in [0.25, 0.3) is 22.5 Å². The van der Waals surface area contributed by atoms with Crippen LogP contribution in [0.3, 0.4) is 0 Å². The summed E-state index contributed by atoms with van der Waals surface area (Å²) in [5.74, 6) is 1.80. The van der Waals surface area contributed by atoms with Crippen molar-refractivity contribution < 1.29 is 19.0 Å². The Balaban J connectivity index is 1.41. The number of aromatic nitrogens is 3. The van der Waals surface area contributed by atoms with Gasteiger partial charge in [-0.15, -0.1) is 11.3 Å². The molecule has 33 heavy (non-hydrogen) atoms. The van der Waals surface area contributed by atoms with Crippen LogP contribution in [0.4, 0.5) is 5.13 Å². The SMILES string of the molecule is COc1ccc(-c2csc(NC(=O)c3nn(C)c4c3Cc3cc(OC)c(OC)cc3-4)n2)cc1. The van der Waals surface area contributed by atoms with Gasteiger partial charge >= 0.3 is 0 Å². The number of thiazole rings is 1. The Morgan fingerprint density at radius 3 is 2.48 bits per heavy atom. The molecule has 0 atom stereocenters. The number of methoxy groups -OCH3 is 3. The minimum Gasteiger partial charge on any atom is -0.497 e. The molecule has 0 fully saturated rings. The van der Waals surface area contributed by atoms with Gasteiger partial charge in [0.15, 0.2) is 22.3 Å². The monoisotopic (exact) mass is 462 g/mol. The van der Waals surface area contributed by atoms with Crippen molar-refractivity contribution in [1.82, 2.24) is 14.8 Å².